The summed E-state index contributed by atoms with van der Waals surface area (Å²) in [5.41, 5.74) is 3.66. The fraction of sp³-hybridized carbons (Fsp3) is 0.452. The number of benzene rings is 2. The maximum absolute atomic E-state index is 12.1. The van der Waals surface area contributed by atoms with Crippen molar-refractivity contribution in [2.45, 2.75) is 63.6 Å². The molecule has 2 aromatic carbocycles. The third-order valence-electron chi connectivity index (χ3n) is 7.54. The van der Waals surface area contributed by atoms with Gasteiger partial charge in [0, 0.05) is 37.8 Å². The van der Waals surface area contributed by atoms with Crippen LogP contribution in [0.25, 0.3) is 5.57 Å². The van der Waals surface area contributed by atoms with E-state index in [1.165, 1.54) is 31.9 Å². The zero-order valence-corrected chi connectivity index (χ0v) is 24.0. The molecule has 0 spiro atoms. The van der Waals surface area contributed by atoms with Crippen LogP contribution in [-0.4, -0.2) is 62.1 Å². The molecule has 0 N–H and O–H groups in total. The predicted molar refractivity (Wildman–Crippen MR) is 148 cm³/mol. The predicted octanol–water partition coefficient (Wildman–Crippen LogP) is 4.50. The number of hydrogen-bond donors (Lipinski definition) is 0. The molecule has 2 saturated heterocycles. The van der Waals surface area contributed by atoms with Gasteiger partial charge in [0.1, 0.15) is 12.7 Å². The summed E-state index contributed by atoms with van der Waals surface area (Å²) in [5.74, 6) is -3.03. The van der Waals surface area contributed by atoms with E-state index in [-0.39, 0.29) is 19.6 Å². The second kappa shape index (κ2) is 11.9. The van der Waals surface area contributed by atoms with E-state index in [1.807, 2.05) is 6.07 Å². The molecule has 0 aliphatic carbocycles. The van der Waals surface area contributed by atoms with Gasteiger partial charge in [0.25, 0.3) is 0 Å². The van der Waals surface area contributed by atoms with E-state index in [4.69, 9.17) is 40.0 Å². The topological polar surface area (TPSA) is 107 Å². The summed E-state index contributed by atoms with van der Waals surface area (Å²) in [6.07, 6.45) is 1.67. The van der Waals surface area contributed by atoms with Crippen molar-refractivity contribution < 1.29 is 42.8 Å². The van der Waals surface area contributed by atoms with Crippen molar-refractivity contribution in [1.29, 1.82) is 0 Å². The molecule has 2 bridgehead atoms. The van der Waals surface area contributed by atoms with E-state index in [2.05, 4.69) is 30.3 Å². The van der Waals surface area contributed by atoms with E-state index in [0.29, 0.717) is 23.6 Å². The van der Waals surface area contributed by atoms with Gasteiger partial charge in [0.2, 0.25) is 0 Å². The van der Waals surface area contributed by atoms with Crippen molar-refractivity contribution in [2.75, 3.05) is 26.4 Å². The third kappa shape index (κ3) is 6.33. The van der Waals surface area contributed by atoms with Gasteiger partial charge in [0.15, 0.2) is 17.5 Å². The Labute approximate surface area is 243 Å². The van der Waals surface area contributed by atoms with Gasteiger partial charge >= 0.3 is 17.9 Å². The molecule has 2 aromatic rings. The SMILES string of the molecule is CC(=O)OC[C@]12CO[C@](c3ccc(Cl)c(Cc4ccc(C5=CCOCC5)cc4)c3)(C[C@@H](OC(C)=O)[C@@H]1OC(C)=O)O2. The first-order chi connectivity index (χ1) is 19.6. The highest BCUT2D eigenvalue weighted by Gasteiger charge is 2.66. The van der Waals surface area contributed by atoms with Gasteiger partial charge in [-0.2, -0.15) is 0 Å². The Hall–Kier alpha value is -3.24. The average molecular weight is 585 g/mol. The van der Waals surface area contributed by atoms with Crippen LogP contribution < -0.4 is 0 Å². The molecule has 3 aliphatic heterocycles. The Balaban J connectivity index is 1.45. The maximum atomic E-state index is 12.1. The largest absolute Gasteiger partial charge is 0.463 e. The summed E-state index contributed by atoms with van der Waals surface area (Å²) in [5, 5.41) is 0.579. The second-order valence-electron chi connectivity index (χ2n) is 10.6. The van der Waals surface area contributed by atoms with Crippen molar-refractivity contribution >= 4 is 35.1 Å². The number of halogens is 1. The Morgan fingerprint density at radius 1 is 1.00 bits per heavy atom. The van der Waals surface area contributed by atoms with E-state index < -0.39 is 41.5 Å². The molecular weight excluding hydrogens is 552 g/mol. The first kappa shape index (κ1) is 29.3. The number of carbonyl (C=O) groups excluding carboxylic acids is 3. The van der Waals surface area contributed by atoms with Crippen molar-refractivity contribution in [3.05, 3.63) is 75.8 Å². The lowest BCUT2D eigenvalue weighted by atomic mass is 9.85. The molecule has 0 saturated carbocycles. The molecule has 10 heteroatoms. The molecule has 9 nitrogen and oxygen atoms in total. The zero-order valence-electron chi connectivity index (χ0n) is 23.3. The molecule has 218 valence electrons. The number of hydrogen-bond acceptors (Lipinski definition) is 9. The van der Waals surface area contributed by atoms with Crippen LogP contribution in [0.5, 0.6) is 0 Å². The number of fused-ring (bicyclic) bond motifs is 2. The Kier molecular flexibility index (Phi) is 8.52. The van der Waals surface area contributed by atoms with Gasteiger partial charge in [0.05, 0.1) is 19.8 Å². The maximum Gasteiger partial charge on any atom is 0.303 e. The minimum absolute atomic E-state index is 0.0565. The zero-order chi connectivity index (χ0) is 29.2. The minimum Gasteiger partial charge on any atom is -0.463 e. The molecular formula is C31H33ClO9. The highest BCUT2D eigenvalue weighted by Crippen LogP contribution is 2.51. The van der Waals surface area contributed by atoms with E-state index in [0.717, 1.165) is 24.2 Å². The number of esters is 3. The third-order valence-corrected chi connectivity index (χ3v) is 7.91. The molecule has 3 heterocycles. The summed E-state index contributed by atoms with van der Waals surface area (Å²) >= 11 is 6.64. The van der Waals surface area contributed by atoms with Crippen LogP contribution in [0.4, 0.5) is 0 Å². The molecule has 4 atom stereocenters. The average Bonchev–Trinajstić information content (AvgIpc) is 3.27. The Morgan fingerprint density at radius 3 is 2.41 bits per heavy atom. The molecule has 2 fully saturated rings. The van der Waals surface area contributed by atoms with Crippen molar-refractivity contribution in [3.8, 4) is 0 Å². The summed E-state index contributed by atoms with van der Waals surface area (Å²) in [7, 11) is 0. The first-order valence-electron chi connectivity index (χ1n) is 13.6. The summed E-state index contributed by atoms with van der Waals surface area (Å²) in [6, 6.07) is 13.9. The van der Waals surface area contributed by atoms with Crippen LogP contribution in [0.2, 0.25) is 5.02 Å². The van der Waals surface area contributed by atoms with E-state index in [1.54, 1.807) is 12.1 Å². The molecule has 0 amide bonds. The first-order valence-corrected chi connectivity index (χ1v) is 13.9. The van der Waals surface area contributed by atoms with Crippen molar-refractivity contribution in [1.82, 2.24) is 0 Å². The summed E-state index contributed by atoms with van der Waals surface area (Å²) in [4.78, 5) is 35.8. The number of carbonyl (C=O) groups is 3. The van der Waals surface area contributed by atoms with Crippen LogP contribution in [0, 0.1) is 0 Å². The molecule has 0 unspecified atom stereocenters. The fourth-order valence-electron chi connectivity index (χ4n) is 5.69. The van der Waals surface area contributed by atoms with Crippen LogP contribution in [0.3, 0.4) is 0 Å². The van der Waals surface area contributed by atoms with Crippen LogP contribution >= 0.6 is 11.6 Å². The fourth-order valence-corrected chi connectivity index (χ4v) is 5.87. The van der Waals surface area contributed by atoms with Gasteiger partial charge in [-0.05, 0) is 47.2 Å². The number of rotatable bonds is 8. The molecule has 0 radical (unpaired) electrons. The molecule has 0 aromatic heterocycles. The summed E-state index contributed by atoms with van der Waals surface area (Å²) < 4.78 is 34.8. The molecule has 41 heavy (non-hydrogen) atoms. The van der Waals surface area contributed by atoms with Gasteiger partial charge in [-0.25, -0.2) is 0 Å². The van der Waals surface area contributed by atoms with Crippen LogP contribution in [0.15, 0.2) is 48.5 Å². The van der Waals surface area contributed by atoms with Gasteiger partial charge in [-0.15, -0.1) is 0 Å². The molecule has 3 aliphatic rings. The normalized spacial score (nSPS) is 27.1. The van der Waals surface area contributed by atoms with Crippen molar-refractivity contribution in [3.63, 3.8) is 0 Å². The van der Waals surface area contributed by atoms with Gasteiger partial charge in [-0.1, -0.05) is 48.0 Å². The van der Waals surface area contributed by atoms with Crippen molar-refractivity contribution in [2.24, 2.45) is 0 Å². The quantitative estimate of drug-likeness (QED) is 0.327. The van der Waals surface area contributed by atoms with Crippen LogP contribution in [-0.2, 0) is 55.0 Å². The lowest BCUT2D eigenvalue weighted by Gasteiger charge is -2.45. The minimum atomic E-state index is -1.38. The van der Waals surface area contributed by atoms with Crippen LogP contribution in [0.1, 0.15) is 55.9 Å². The summed E-state index contributed by atoms with van der Waals surface area (Å²) in [6.45, 7) is 4.84. The van der Waals surface area contributed by atoms with E-state index >= 15 is 0 Å². The highest BCUT2D eigenvalue weighted by molar-refractivity contribution is 6.31. The number of ether oxygens (including phenoxy) is 6. The van der Waals surface area contributed by atoms with E-state index in [9.17, 15) is 14.4 Å². The lowest BCUT2D eigenvalue weighted by molar-refractivity contribution is -0.288. The van der Waals surface area contributed by atoms with Gasteiger partial charge in [-0.3, -0.25) is 14.4 Å². The second-order valence-corrected chi connectivity index (χ2v) is 11.0. The highest BCUT2D eigenvalue weighted by atomic mass is 35.5. The monoisotopic (exact) mass is 584 g/mol. The Bertz CT molecular complexity index is 1350. The molecule has 5 rings (SSSR count). The smallest absolute Gasteiger partial charge is 0.303 e. The lowest BCUT2D eigenvalue weighted by Crippen LogP contribution is -2.61. The standard InChI is InChI=1S/C31H33ClO9/c1-19(33)37-17-30-18-38-31(41-30,16-28(39-20(2)34)29(30)40-21(3)35)26-8-9-27(32)25(15-26)14-22-4-6-23(7-5-22)24-10-12-36-13-11-24/h4-10,15,28-29H,11-14,16-18H2,1-3H3/t28-,29+,30+,31-/m1/s1. The Morgan fingerprint density at radius 2 is 1.76 bits per heavy atom. The van der Waals surface area contributed by atoms with Gasteiger partial charge < -0.3 is 28.4 Å².